The van der Waals surface area contributed by atoms with Crippen molar-refractivity contribution >= 4 is 11.5 Å². The van der Waals surface area contributed by atoms with Crippen LogP contribution in [0.4, 0.5) is 19.0 Å². The molecule has 0 saturated heterocycles. The summed E-state index contributed by atoms with van der Waals surface area (Å²) in [6, 6.07) is 5.19. The molecule has 11 heteroatoms. The molecule has 0 spiro atoms. The summed E-state index contributed by atoms with van der Waals surface area (Å²) in [6.07, 6.45) is -5.05. The van der Waals surface area contributed by atoms with E-state index >= 15 is 0 Å². The maximum atomic E-state index is 13.9. The number of halogens is 3. The standard InChI is InChI=1S/C22H23F3N6O2/c1-11-8-15(32-5)6-7-16(11)20-13(3)29-31-19(9-12(2)26-21(20)31)28-17(22(23,24)25)10-18-27-14(4)33-30-18/h6-9,17,28H,10H2,1-5H3. The normalized spacial score (nSPS) is 12.8. The molecule has 33 heavy (non-hydrogen) atoms. The lowest BCUT2D eigenvalue weighted by Crippen LogP contribution is -2.39. The van der Waals surface area contributed by atoms with E-state index in [0.29, 0.717) is 22.8 Å². The summed E-state index contributed by atoms with van der Waals surface area (Å²) in [5.41, 5.74) is 4.21. The zero-order valence-corrected chi connectivity index (χ0v) is 18.8. The Morgan fingerprint density at radius 3 is 2.48 bits per heavy atom. The van der Waals surface area contributed by atoms with E-state index in [9.17, 15) is 13.2 Å². The summed E-state index contributed by atoms with van der Waals surface area (Å²) < 4.78 is 53.1. The van der Waals surface area contributed by atoms with Gasteiger partial charge in [0.05, 0.1) is 12.8 Å². The van der Waals surface area contributed by atoms with Crippen LogP contribution in [0.15, 0.2) is 28.8 Å². The SMILES string of the molecule is COc1ccc(-c2c(C)nn3c(NC(Cc4noc(C)n4)C(F)(F)F)cc(C)nc23)c(C)c1. The van der Waals surface area contributed by atoms with Gasteiger partial charge in [-0.3, -0.25) is 0 Å². The van der Waals surface area contributed by atoms with Gasteiger partial charge in [-0.15, -0.1) is 0 Å². The van der Waals surface area contributed by atoms with E-state index in [1.807, 2.05) is 25.1 Å². The first-order valence-corrected chi connectivity index (χ1v) is 10.2. The number of anilines is 1. The summed E-state index contributed by atoms with van der Waals surface area (Å²) >= 11 is 0. The molecular formula is C22H23F3N6O2. The molecule has 1 unspecified atom stereocenters. The fraction of sp³-hybridized carbons (Fsp3) is 0.364. The molecule has 8 nitrogen and oxygen atoms in total. The van der Waals surface area contributed by atoms with Crippen molar-refractivity contribution in [2.45, 2.75) is 46.3 Å². The van der Waals surface area contributed by atoms with Crippen LogP contribution in [0.3, 0.4) is 0 Å². The van der Waals surface area contributed by atoms with Gasteiger partial charge in [0.15, 0.2) is 11.5 Å². The molecule has 0 fully saturated rings. The van der Waals surface area contributed by atoms with Crippen molar-refractivity contribution in [1.29, 1.82) is 0 Å². The Balaban J connectivity index is 1.79. The molecule has 0 bridgehead atoms. The van der Waals surface area contributed by atoms with Crippen LogP contribution in [0, 0.1) is 27.7 Å². The van der Waals surface area contributed by atoms with E-state index in [1.165, 1.54) is 17.5 Å². The number of aryl methyl sites for hydroxylation is 4. The van der Waals surface area contributed by atoms with Crippen molar-refractivity contribution in [3.05, 3.63) is 52.9 Å². The van der Waals surface area contributed by atoms with Gasteiger partial charge in [-0.1, -0.05) is 11.2 Å². The van der Waals surface area contributed by atoms with E-state index in [0.717, 1.165) is 16.7 Å². The third-order valence-corrected chi connectivity index (χ3v) is 5.27. The second kappa shape index (κ2) is 8.38. The van der Waals surface area contributed by atoms with Gasteiger partial charge in [0.25, 0.3) is 0 Å². The molecule has 0 aliphatic rings. The lowest BCUT2D eigenvalue weighted by molar-refractivity contribution is -0.142. The third-order valence-electron chi connectivity index (χ3n) is 5.27. The predicted octanol–water partition coefficient (Wildman–Crippen LogP) is 4.61. The maximum Gasteiger partial charge on any atom is 0.409 e. The van der Waals surface area contributed by atoms with Crippen LogP contribution in [0.1, 0.15) is 28.7 Å². The summed E-state index contributed by atoms with van der Waals surface area (Å²) in [5.74, 6) is 1.05. The molecule has 1 N–H and O–H groups in total. The molecule has 4 aromatic rings. The zero-order chi connectivity index (χ0) is 23.9. The summed E-state index contributed by atoms with van der Waals surface area (Å²) in [6.45, 7) is 6.99. The van der Waals surface area contributed by atoms with Crippen molar-refractivity contribution in [3.63, 3.8) is 0 Å². The Hall–Kier alpha value is -3.63. The molecule has 174 valence electrons. The highest BCUT2D eigenvalue weighted by atomic mass is 19.4. The second-order valence-corrected chi connectivity index (χ2v) is 7.83. The predicted molar refractivity (Wildman–Crippen MR) is 115 cm³/mol. The monoisotopic (exact) mass is 460 g/mol. The molecule has 3 heterocycles. The van der Waals surface area contributed by atoms with Gasteiger partial charge in [-0.05, 0) is 44.0 Å². The Morgan fingerprint density at radius 1 is 1.12 bits per heavy atom. The van der Waals surface area contributed by atoms with Crippen molar-refractivity contribution in [3.8, 4) is 16.9 Å². The summed E-state index contributed by atoms with van der Waals surface area (Å²) in [7, 11) is 1.59. The molecule has 1 aromatic carbocycles. The second-order valence-electron chi connectivity index (χ2n) is 7.83. The largest absolute Gasteiger partial charge is 0.497 e. The number of nitrogens with zero attached hydrogens (tertiary/aromatic N) is 5. The van der Waals surface area contributed by atoms with Crippen molar-refractivity contribution in [1.82, 2.24) is 24.7 Å². The van der Waals surface area contributed by atoms with Crippen LogP contribution in [0.2, 0.25) is 0 Å². The molecule has 0 saturated carbocycles. The van der Waals surface area contributed by atoms with E-state index in [2.05, 4.69) is 25.5 Å². The van der Waals surface area contributed by atoms with Gasteiger partial charge in [0.1, 0.15) is 17.6 Å². The maximum absolute atomic E-state index is 13.9. The van der Waals surface area contributed by atoms with Crippen LogP contribution in [0.25, 0.3) is 16.8 Å². The number of methoxy groups -OCH3 is 1. The van der Waals surface area contributed by atoms with E-state index < -0.39 is 18.6 Å². The molecule has 4 rings (SSSR count). The van der Waals surface area contributed by atoms with Crippen LogP contribution < -0.4 is 10.1 Å². The number of ether oxygens (including phenoxy) is 1. The molecule has 0 aliphatic carbocycles. The third kappa shape index (κ3) is 4.48. The van der Waals surface area contributed by atoms with Crippen LogP contribution in [-0.4, -0.2) is 44.1 Å². The Kier molecular flexibility index (Phi) is 5.73. The summed E-state index contributed by atoms with van der Waals surface area (Å²) in [4.78, 5) is 8.49. The molecule has 0 amide bonds. The lowest BCUT2D eigenvalue weighted by atomic mass is 10.0. The fourth-order valence-electron chi connectivity index (χ4n) is 3.74. The van der Waals surface area contributed by atoms with E-state index in [-0.39, 0.29) is 17.5 Å². The van der Waals surface area contributed by atoms with Crippen molar-refractivity contribution in [2.75, 3.05) is 12.4 Å². The average molecular weight is 460 g/mol. The van der Waals surface area contributed by atoms with Crippen LogP contribution in [-0.2, 0) is 6.42 Å². The number of aromatic nitrogens is 5. The number of hydrogen-bond donors (Lipinski definition) is 1. The first kappa shape index (κ1) is 22.6. The first-order valence-electron chi connectivity index (χ1n) is 10.2. The number of nitrogens with one attached hydrogen (secondary N) is 1. The molecule has 0 radical (unpaired) electrons. The van der Waals surface area contributed by atoms with Gasteiger partial charge >= 0.3 is 6.18 Å². The van der Waals surface area contributed by atoms with E-state index in [1.54, 1.807) is 21.0 Å². The van der Waals surface area contributed by atoms with Crippen LogP contribution >= 0.6 is 0 Å². The first-order chi connectivity index (χ1) is 15.6. The highest BCUT2D eigenvalue weighted by Gasteiger charge is 2.41. The lowest BCUT2D eigenvalue weighted by Gasteiger charge is -2.22. The number of alkyl halides is 3. The molecular weight excluding hydrogens is 437 g/mol. The number of rotatable bonds is 6. The van der Waals surface area contributed by atoms with Gasteiger partial charge in [-0.2, -0.15) is 27.8 Å². The molecule has 1 atom stereocenters. The zero-order valence-electron chi connectivity index (χ0n) is 18.8. The molecule has 0 aliphatic heterocycles. The molecule has 3 aromatic heterocycles. The van der Waals surface area contributed by atoms with Gasteiger partial charge in [0.2, 0.25) is 5.89 Å². The number of fused-ring (bicyclic) bond motifs is 1. The Morgan fingerprint density at radius 2 is 1.88 bits per heavy atom. The minimum Gasteiger partial charge on any atom is -0.497 e. The highest BCUT2D eigenvalue weighted by Crippen LogP contribution is 2.34. The fourth-order valence-corrected chi connectivity index (χ4v) is 3.74. The van der Waals surface area contributed by atoms with Gasteiger partial charge in [-0.25, -0.2) is 4.98 Å². The van der Waals surface area contributed by atoms with E-state index in [4.69, 9.17) is 9.26 Å². The van der Waals surface area contributed by atoms with Crippen LogP contribution in [0.5, 0.6) is 5.75 Å². The van der Waals surface area contributed by atoms with Crippen molar-refractivity contribution in [2.24, 2.45) is 0 Å². The Bertz CT molecular complexity index is 1310. The quantitative estimate of drug-likeness (QED) is 0.449. The number of hydrogen-bond acceptors (Lipinski definition) is 7. The van der Waals surface area contributed by atoms with Gasteiger partial charge in [0, 0.05) is 30.7 Å². The Labute approximate surface area is 187 Å². The highest BCUT2D eigenvalue weighted by molar-refractivity contribution is 5.83. The van der Waals surface area contributed by atoms with Crippen molar-refractivity contribution < 1.29 is 22.4 Å². The summed E-state index contributed by atoms with van der Waals surface area (Å²) in [5, 5.41) is 10.7. The van der Waals surface area contributed by atoms with Gasteiger partial charge < -0.3 is 14.6 Å². The number of benzene rings is 1. The minimum absolute atomic E-state index is 0.0319. The minimum atomic E-state index is -4.56. The smallest absolute Gasteiger partial charge is 0.409 e. The topological polar surface area (TPSA) is 90.4 Å². The average Bonchev–Trinajstić information content (AvgIpc) is 3.29.